The Morgan fingerprint density at radius 3 is 2.52 bits per heavy atom. The summed E-state index contributed by atoms with van der Waals surface area (Å²) in [5, 5.41) is 0.0911. The van der Waals surface area contributed by atoms with E-state index in [-0.39, 0.29) is 17.6 Å². The zero-order valence-electron chi connectivity index (χ0n) is 14.9. The maximum Gasteiger partial charge on any atom is 0.303 e. The van der Waals surface area contributed by atoms with Gasteiger partial charge in [0.1, 0.15) is 18.8 Å². The maximum atomic E-state index is 11.3. The van der Waals surface area contributed by atoms with Crippen LogP contribution in [0.3, 0.4) is 0 Å². The Labute approximate surface area is 140 Å². The fraction of sp³-hybridized carbons (Fsp3) is 0.706. The number of esters is 1. The highest BCUT2D eigenvalue weighted by Gasteiger charge is 2.39. The molecule has 0 radical (unpaired) electrons. The molecule has 130 valence electrons. The lowest BCUT2D eigenvalue weighted by atomic mass is 10.1. The van der Waals surface area contributed by atoms with Crippen molar-refractivity contribution in [3.63, 3.8) is 0 Å². The highest BCUT2D eigenvalue weighted by atomic mass is 28.4. The summed E-state index contributed by atoms with van der Waals surface area (Å²) >= 11 is 0. The average molecular weight is 340 g/mol. The van der Waals surface area contributed by atoms with Crippen LogP contribution in [-0.4, -0.2) is 46.0 Å². The maximum absolute atomic E-state index is 11.3. The van der Waals surface area contributed by atoms with Crippen LogP contribution in [0.2, 0.25) is 18.1 Å². The summed E-state index contributed by atoms with van der Waals surface area (Å²) in [6, 6.07) is 0. The van der Waals surface area contributed by atoms with Gasteiger partial charge in [0.2, 0.25) is 0 Å². The van der Waals surface area contributed by atoms with E-state index in [9.17, 15) is 4.79 Å². The molecule has 1 aliphatic rings. The van der Waals surface area contributed by atoms with Crippen molar-refractivity contribution in [1.29, 1.82) is 0 Å². The van der Waals surface area contributed by atoms with Crippen molar-refractivity contribution in [1.82, 2.24) is 0 Å². The third-order valence-electron chi connectivity index (χ3n) is 4.18. The van der Waals surface area contributed by atoms with Crippen LogP contribution < -0.4 is 0 Å². The molecule has 0 aromatic carbocycles. The van der Waals surface area contributed by atoms with Crippen LogP contribution in [0.5, 0.6) is 0 Å². The van der Waals surface area contributed by atoms with Gasteiger partial charge in [-0.05, 0) is 30.3 Å². The van der Waals surface area contributed by atoms with E-state index in [0.29, 0.717) is 6.61 Å². The van der Waals surface area contributed by atoms with Crippen molar-refractivity contribution in [2.75, 3.05) is 13.2 Å². The molecule has 0 fully saturated rings. The van der Waals surface area contributed by atoms with Crippen LogP contribution in [0.25, 0.3) is 0 Å². The zero-order valence-corrected chi connectivity index (χ0v) is 15.9. The lowest BCUT2D eigenvalue weighted by molar-refractivity contribution is -0.187. The minimum absolute atomic E-state index is 0.0911. The molecule has 5 nitrogen and oxygen atoms in total. The molecule has 1 aliphatic heterocycles. The summed E-state index contributed by atoms with van der Waals surface area (Å²) in [4.78, 5) is 11.3. The molecule has 23 heavy (non-hydrogen) atoms. The standard InChI is InChI=1S/C17H28O5Si/c1-8-11-19-16-10-9-14(21-13(2)18)15(22-16)12-20-23(6,7)17(3,4)5/h1,9-10,14-16H,11-12H2,2-7H3/t14-,15+,16-/m0/s1. The topological polar surface area (TPSA) is 54.0 Å². The summed E-state index contributed by atoms with van der Waals surface area (Å²) < 4.78 is 22.7. The Balaban J connectivity index is 2.75. The first kappa shape index (κ1) is 19.9. The average Bonchev–Trinajstić information content (AvgIpc) is 2.43. The van der Waals surface area contributed by atoms with E-state index in [1.54, 1.807) is 12.2 Å². The van der Waals surface area contributed by atoms with Gasteiger partial charge < -0.3 is 18.6 Å². The van der Waals surface area contributed by atoms with Crippen molar-refractivity contribution >= 4 is 14.3 Å². The molecule has 0 aliphatic carbocycles. The largest absolute Gasteiger partial charge is 0.455 e. The highest BCUT2D eigenvalue weighted by Crippen LogP contribution is 2.37. The van der Waals surface area contributed by atoms with Gasteiger partial charge in [0.25, 0.3) is 0 Å². The quantitative estimate of drug-likeness (QED) is 0.322. The second-order valence-corrected chi connectivity index (χ2v) is 11.9. The number of carbonyl (C=O) groups is 1. The van der Waals surface area contributed by atoms with Gasteiger partial charge in [-0.2, -0.15) is 0 Å². The normalized spacial score (nSPS) is 25.0. The number of carbonyl (C=O) groups excluding carboxylic acids is 1. The molecule has 0 saturated heterocycles. The van der Waals surface area contributed by atoms with Crippen LogP contribution in [-0.2, 0) is 23.4 Å². The number of ether oxygens (including phenoxy) is 3. The first-order valence-electron chi connectivity index (χ1n) is 7.77. The summed E-state index contributed by atoms with van der Waals surface area (Å²) in [7, 11) is -1.92. The minimum atomic E-state index is -1.92. The highest BCUT2D eigenvalue weighted by molar-refractivity contribution is 6.74. The predicted octanol–water partition coefficient (Wildman–Crippen LogP) is 2.87. The molecule has 0 saturated carbocycles. The van der Waals surface area contributed by atoms with Gasteiger partial charge in [-0.25, -0.2) is 0 Å². The van der Waals surface area contributed by atoms with Crippen molar-refractivity contribution in [2.45, 2.75) is 64.3 Å². The first-order valence-corrected chi connectivity index (χ1v) is 10.7. The van der Waals surface area contributed by atoms with Gasteiger partial charge in [-0.1, -0.05) is 26.7 Å². The van der Waals surface area contributed by atoms with Crippen LogP contribution in [0.15, 0.2) is 12.2 Å². The van der Waals surface area contributed by atoms with E-state index in [0.717, 1.165) is 0 Å². The van der Waals surface area contributed by atoms with Crippen LogP contribution in [0.4, 0.5) is 0 Å². The van der Waals surface area contributed by atoms with Gasteiger partial charge in [0, 0.05) is 6.92 Å². The van der Waals surface area contributed by atoms with Crippen molar-refractivity contribution in [3.05, 3.63) is 12.2 Å². The zero-order chi connectivity index (χ0) is 17.7. The van der Waals surface area contributed by atoms with Crippen molar-refractivity contribution in [2.24, 2.45) is 0 Å². The summed E-state index contributed by atoms with van der Waals surface area (Å²) in [6.07, 6.45) is 7.22. The number of terminal acetylenes is 1. The Bertz CT molecular complexity index is 472. The summed E-state index contributed by atoms with van der Waals surface area (Å²) in [5.74, 6) is 2.05. The monoisotopic (exact) mass is 340 g/mol. The molecule has 1 heterocycles. The van der Waals surface area contributed by atoms with Gasteiger partial charge in [-0.15, -0.1) is 6.42 Å². The summed E-state index contributed by atoms with van der Waals surface area (Å²) in [5.41, 5.74) is 0. The van der Waals surface area contributed by atoms with Crippen LogP contribution >= 0.6 is 0 Å². The molecule has 0 bridgehead atoms. The summed E-state index contributed by atoms with van der Waals surface area (Å²) in [6.45, 7) is 12.7. The second kappa shape index (κ2) is 8.11. The Morgan fingerprint density at radius 1 is 1.35 bits per heavy atom. The second-order valence-electron chi connectivity index (χ2n) is 7.09. The van der Waals surface area contributed by atoms with E-state index in [1.165, 1.54) is 6.92 Å². The fourth-order valence-corrected chi connectivity index (χ4v) is 2.81. The number of rotatable bonds is 6. The number of hydrogen-bond acceptors (Lipinski definition) is 5. The minimum Gasteiger partial charge on any atom is -0.455 e. The molecular formula is C17H28O5Si. The smallest absolute Gasteiger partial charge is 0.303 e. The number of hydrogen-bond donors (Lipinski definition) is 0. The Kier molecular flexibility index (Phi) is 7.02. The molecular weight excluding hydrogens is 312 g/mol. The molecule has 0 unspecified atom stereocenters. The molecule has 6 heteroatoms. The van der Waals surface area contributed by atoms with Crippen molar-refractivity contribution in [3.8, 4) is 12.3 Å². The van der Waals surface area contributed by atoms with Crippen LogP contribution in [0.1, 0.15) is 27.7 Å². The van der Waals surface area contributed by atoms with Gasteiger partial charge in [-0.3, -0.25) is 4.79 Å². The predicted molar refractivity (Wildman–Crippen MR) is 91.3 cm³/mol. The molecule has 3 atom stereocenters. The molecule has 0 spiro atoms. The van der Waals surface area contributed by atoms with Crippen LogP contribution in [0, 0.1) is 12.3 Å². The fourth-order valence-electron chi connectivity index (χ4n) is 1.79. The third kappa shape index (κ3) is 6.11. The van der Waals surface area contributed by atoms with E-state index in [4.69, 9.17) is 25.1 Å². The Morgan fingerprint density at radius 2 is 2.00 bits per heavy atom. The molecule has 0 aromatic rings. The SMILES string of the molecule is C#CCO[C@@H]1C=C[C@H](OC(C)=O)[C@@H](CO[Si](C)(C)C(C)(C)C)O1. The molecule has 0 amide bonds. The van der Waals surface area contributed by atoms with E-state index >= 15 is 0 Å². The first-order chi connectivity index (χ1) is 10.6. The molecule has 1 rings (SSSR count). The van der Waals surface area contributed by atoms with Crippen molar-refractivity contribution < 1.29 is 23.4 Å². The van der Waals surface area contributed by atoms with E-state index in [2.05, 4.69) is 39.8 Å². The lowest BCUT2D eigenvalue weighted by Crippen LogP contribution is -2.47. The van der Waals surface area contributed by atoms with E-state index < -0.39 is 26.8 Å². The van der Waals surface area contributed by atoms with Gasteiger partial charge >= 0.3 is 5.97 Å². The third-order valence-corrected chi connectivity index (χ3v) is 8.68. The van der Waals surface area contributed by atoms with Gasteiger partial charge in [0.15, 0.2) is 14.6 Å². The Hall–Kier alpha value is -1.13. The van der Waals surface area contributed by atoms with Gasteiger partial charge in [0.05, 0.1) is 6.61 Å². The molecule has 0 N–H and O–H groups in total. The molecule has 0 aromatic heterocycles. The van der Waals surface area contributed by atoms with E-state index in [1.807, 2.05) is 0 Å². The lowest BCUT2D eigenvalue weighted by Gasteiger charge is -2.39.